The first kappa shape index (κ1) is 13.4. The van der Waals surface area contributed by atoms with Crippen LogP contribution in [0.25, 0.3) is 0 Å². The molecule has 1 atom stereocenters. The lowest BCUT2D eigenvalue weighted by atomic mass is 9.80. The van der Waals surface area contributed by atoms with Gasteiger partial charge in [0.2, 0.25) is 0 Å². The third kappa shape index (κ3) is 2.05. The van der Waals surface area contributed by atoms with E-state index in [-0.39, 0.29) is 22.5 Å². The van der Waals surface area contributed by atoms with Gasteiger partial charge in [0.1, 0.15) is 5.75 Å². The molecule has 1 heterocycles. The molecule has 1 unspecified atom stereocenters. The van der Waals surface area contributed by atoms with Crippen molar-refractivity contribution in [1.82, 2.24) is 0 Å². The highest BCUT2D eigenvalue weighted by Crippen LogP contribution is 2.43. The topological polar surface area (TPSA) is 23.5 Å². The number of aromatic hydroxyl groups is 1. The summed E-state index contributed by atoms with van der Waals surface area (Å²) in [7, 11) is 2.10. The van der Waals surface area contributed by atoms with E-state index in [1.54, 1.807) is 6.07 Å². The first-order valence-corrected chi connectivity index (χ1v) is 5.48. The molecule has 1 aromatic rings. The molecule has 16 heavy (non-hydrogen) atoms. The molecule has 1 N–H and O–H groups in total. The zero-order chi connectivity index (χ0) is 11.2. The van der Waals surface area contributed by atoms with Gasteiger partial charge in [-0.15, -0.1) is 17.0 Å². The number of anilines is 1. The number of benzene rings is 1. The maximum absolute atomic E-state index is 9.54. The fourth-order valence-corrected chi connectivity index (χ4v) is 2.56. The Bertz CT molecular complexity index is 390. The molecular formula is C13H20BrNO. The van der Waals surface area contributed by atoms with Crippen molar-refractivity contribution >= 4 is 22.7 Å². The second-order valence-electron chi connectivity index (χ2n) is 5.22. The predicted octanol–water partition coefficient (Wildman–Crippen LogP) is 3.69. The highest BCUT2D eigenvalue weighted by molar-refractivity contribution is 8.93. The zero-order valence-electron chi connectivity index (χ0n) is 10.3. The molecule has 3 heteroatoms. The number of fused-ring (bicyclic) bond motifs is 1. The van der Waals surface area contributed by atoms with Gasteiger partial charge >= 0.3 is 0 Å². The first-order chi connectivity index (χ1) is 6.92. The number of phenolic OH excluding ortho intramolecular Hbond substituents is 1. The van der Waals surface area contributed by atoms with E-state index in [0.29, 0.717) is 11.7 Å². The summed E-state index contributed by atoms with van der Waals surface area (Å²) in [6.45, 7) is 6.75. The summed E-state index contributed by atoms with van der Waals surface area (Å²) in [6.07, 6.45) is 1.15. The quantitative estimate of drug-likeness (QED) is 0.786. The van der Waals surface area contributed by atoms with Crippen molar-refractivity contribution in [2.75, 3.05) is 11.9 Å². The highest BCUT2D eigenvalue weighted by atomic mass is 79.9. The smallest absolute Gasteiger partial charge is 0.117 e. The monoisotopic (exact) mass is 285 g/mol. The van der Waals surface area contributed by atoms with E-state index in [4.69, 9.17) is 0 Å². The molecule has 0 saturated carbocycles. The van der Waals surface area contributed by atoms with E-state index < -0.39 is 0 Å². The summed E-state index contributed by atoms with van der Waals surface area (Å²) in [6, 6.07) is 5.69. The summed E-state index contributed by atoms with van der Waals surface area (Å²) in [5, 5.41) is 9.54. The Kier molecular flexibility index (Phi) is 3.58. The number of hydrogen-bond donors (Lipinski definition) is 1. The van der Waals surface area contributed by atoms with Gasteiger partial charge in [0.05, 0.1) is 0 Å². The molecule has 1 aliphatic rings. The highest BCUT2D eigenvalue weighted by Gasteiger charge is 2.33. The van der Waals surface area contributed by atoms with Crippen LogP contribution in [0.3, 0.4) is 0 Å². The van der Waals surface area contributed by atoms with Crippen LogP contribution in [-0.2, 0) is 0 Å². The van der Waals surface area contributed by atoms with E-state index in [0.717, 1.165) is 6.42 Å². The normalized spacial score (nSPS) is 22.2. The predicted molar refractivity (Wildman–Crippen MR) is 73.9 cm³/mol. The summed E-state index contributed by atoms with van der Waals surface area (Å²) in [5.74, 6) is 0.914. The molecule has 2 nitrogen and oxygen atoms in total. The Morgan fingerprint density at radius 1 is 1.38 bits per heavy atom. The minimum Gasteiger partial charge on any atom is -0.508 e. The summed E-state index contributed by atoms with van der Waals surface area (Å²) < 4.78 is 0. The molecule has 1 aromatic carbocycles. The number of phenols is 1. The fourth-order valence-electron chi connectivity index (χ4n) is 2.56. The zero-order valence-corrected chi connectivity index (χ0v) is 12.0. The molecule has 0 spiro atoms. The van der Waals surface area contributed by atoms with Crippen LogP contribution in [0.4, 0.5) is 5.69 Å². The Labute approximate surface area is 108 Å². The molecule has 0 radical (unpaired) electrons. The molecule has 0 fully saturated rings. The van der Waals surface area contributed by atoms with Crippen molar-refractivity contribution in [3.8, 4) is 5.75 Å². The third-order valence-corrected chi connectivity index (χ3v) is 3.62. The molecule has 0 bridgehead atoms. The molecule has 90 valence electrons. The van der Waals surface area contributed by atoms with E-state index in [2.05, 4.69) is 32.7 Å². The minimum atomic E-state index is 0. The fraction of sp³-hybridized carbons (Fsp3) is 0.538. The van der Waals surface area contributed by atoms with Crippen LogP contribution >= 0.6 is 17.0 Å². The second kappa shape index (κ2) is 4.28. The molecule has 1 aliphatic heterocycles. The van der Waals surface area contributed by atoms with Crippen molar-refractivity contribution in [2.45, 2.75) is 38.6 Å². The molecule has 0 saturated heterocycles. The molecule has 0 amide bonds. The lowest BCUT2D eigenvalue weighted by Gasteiger charge is -2.45. The van der Waals surface area contributed by atoms with E-state index in [1.165, 1.54) is 11.3 Å². The standard InChI is InChI=1S/C13H19NO.BrH/c1-9-8-13(2,3)14(4)12-7-10(15)5-6-11(9)12;/h5-7,9,15H,8H2,1-4H3;1H. The van der Waals surface area contributed by atoms with Crippen molar-refractivity contribution < 1.29 is 5.11 Å². The number of hydrogen-bond acceptors (Lipinski definition) is 2. The van der Waals surface area contributed by atoms with Crippen LogP contribution in [0.15, 0.2) is 18.2 Å². The Balaban J connectivity index is 0.00000128. The van der Waals surface area contributed by atoms with Gasteiger partial charge in [0.25, 0.3) is 0 Å². The van der Waals surface area contributed by atoms with Gasteiger partial charge in [0, 0.05) is 24.3 Å². The van der Waals surface area contributed by atoms with Gasteiger partial charge < -0.3 is 10.0 Å². The van der Waals surface area contributed by atoms with Crippen molar-refractivity contribution in [3.63, 3.8) is 0 Å². The lowest BCUT2D eigenvalue weighted by Crippen LogP contribution is -2.45. The maximum Gasteiger partial charge on any atom is 0.117 e. The molecular weight excluding hydrogens is 266 g/mol. The van der Waals surface area contributed by atoms with Gasteiger partial charge in [-0.1, -0.05) is 13.0 Å². The summed E-state index contributed by atoms with van der Waals surface area (Å²) >= 11 is 0. The minimum absolute atomic E-state index is 0. The number of halogens is 1. The number of rotatable bonds is 0. The third-order valence-electron chi connectivity index (χ3n) is 3.62. The summed E-state index contributed by atoms with van der Waals surface area (Å²) in [4.78, 5) is 2.27. The van der Waals surface area contributed by atoms with Crippen LogP contribution in [0.1, 0.15) is 38.7 Å². The lowest BCUT2D eigenvalue weighted by molar-refractivity contribution is 0.393. The van der Waals surface area contributed by atoms with Gasteiger partial charge in [-0.2, -0.15) is 0 Å². The van der Waals surface area contributed by atoms with E-state index in [9.17, 15) is 5.11 Å². The van der Waals surface area contributed by atoms with Crippen LogP contribution in [-0.4, -0.2) is 17.7 Å². The first-order valence-electron chi connectivity index (χ1n) is 5.48. The number of nitrogens with zero attached hydrogens (tertiary/aromatic N) is 1. The van der Waals surface area contributed by atoms with Crippen LogP contribution in [0.2, 0.25) is 0 Å². The molecule has 0 aliphatic carbocycles. The van der Waals surface area contributed by atoms with Gasteiger partial charge in [0.15, 0.2) is 0 Å². The van der Waals surface area contributed by atoms with Crippen molar-refractivity contribution in [3.05, 3.63) is 23.8 Å². The summed E-state index contributed by atoms with van der Waals surface area (Å²) in [5.41, 5.74) is 2.67. The Morgan fingerprint density at radius 3 is 2.62 bits per heavy atom. The Morgan fingerprint density at radius 2 is 2.00 bits per heavy atom. The van der Waals surface area contributed by atoms with Crippen LogP contribution < -0.4 is 4.90 Å². The average molecular weight is 286 g/mol. The van der Waals surface area contributed by atoms with E-state index in [1.807, 2.05) is 12.1 Å². The van der Waals surface area contributed by atoms with Crippen LogP contribution in [0.5, 0.6) is 5.75 Å². The van der Waals surface area contributed by atoms with Gasteiger partial charge in [-0.25, -0.2) is 0 Å². The second-order valence-corrected chi connectivity index (χ2v) is 5.22. The van der Waals surface area contributed by atoms with Crippen molar-refractivity contribution in [1.29, 1.82) is 0 Å². The largest absolute Gasteiger partial charge is 0.508 e. The van der Waals surface area contributed by atoms with Crippen LogP contribution in [0, 0.1) is 0 Å². The average Bonchev–Trinajstić information content (AvgIpc) is 2.13. The maximum atomic E-state index is 9.54. The van der Waals surface area contributed by atoms with E-state index >= 15 is 0 Å². The molecule has 2 rings (SSSR count). The Hall–Kier alpha value is -0.700. The molecule has 0 aromatic heterocycles. The van der Waals surface area contributed by atoms with Crippen molar-refractivity contribution in [2.24, 2.45) is 0 Å². The SMILES string of the molecule is Br.CC1CC(C)(C)N(C)c2cc(O)ccc21. The van der Waals surface area contributed by atoms with Gasteiger partial charge in [-0.3, -0.25) is 0 Å². The van der Waals surface area contributed by atoms with Gasteiger partial charge in [-0.05, 0) is 37.8 Å².